The second-order valence-electron chi connectivity index (χ2n) is 6.08. The molecule has 0 radical (unpaired) electrons. The van der Waals surface area contributed by atoms with E-state index < -0.39 is 6.17 Å². The molecular formula is C20H34FN5O2. The van der Waals surface area contributed by atoms with Gasteiger partial charge in [-0.05, 0) is 52.0 Å². The van der Waals surface area contributed by atoms with Crippen LogP contribution in [-0.2, 0) is 9.59 Å². The standard InChI is InChI=1S/C14H19FN4.C3H9N.C2H4O.CH2O/c1-9-8-19(13-3-4-17-7-12(13)15)14-11(9)5-10(16-2)6-18-14;1-3-4-2;1-2-3;1-2/h5-6,8,12-13,16-17H,3-4,7H2,1-2H3;4H,3H2,1-2H3;2H,1H3;1H2. The van der Waals surface area contributed by atoms with E-state index >= 15 is 0 Å². The number of hydrogen-bond donors (Lipinski definition) is 3. The van der Waals surface area contributed by atoms with Crippen LogP contribution in [0.4, 0.5) is 10.1 Å². The Balaban J connectivity index is 0.000000696. The van der Waals surface area contributed by atoms with E-state index in [-0.39, 0.29) is 6.04 Å². The van der Waals surface area contributed by atoms with Crippen LogP contribution in [0, 0.1) is 6.92 Å². The normalized spacial score (nSPS) is 17.8. The molecule has 3 rings (SSSR count). The van der Waals surface area contributed by atoms with Gasteiger partial charge in [0.15, 0.2) is 0 Å². The van der Waals surface area contributed by atoms with Gasteiger partial charge in [0.25, 0.3) is 0 Å². The molecule has 158 valence electrons. The number of aldehydes is 1. The van der Waals surface area contributed by atoms with Crippen LogP contribution in [0.3, 0.4) is 0 Å². The fourth-order valence-electron chi connectivity index (χ4n) is 2.80. The van der Waals surface area contributed by atoms with E-state index in [4.69, 9.17) is 9.59 Å². The monoisotopic (exact) mass is 395 g/mol. The number of carbonyl (C=O) groups is 2. The van der Waals surface area contributed by atoms with Gasteiger partial charge < -0.3 is 30.1 Å². The Morgan fingerprint density at radius 1 is 1.43 bits per heavy atom. The molecule has 7 nitrogen and oxygen atoms in total. The van der Waals surface area contributed by atoms with Gasteiger partial charge in [0.2, 0.25) is 0 Å². The van der Waals surface area contributed by atoms with Crippen molar-refractivity contribution >= 4 is 29.8 Å². The number of pyridine rings is 1. The summed E-state index contributed by atoms with van der Waals surface area (Å²) in [4.78, 5) is 21.3. The highest BCUT2D eigenvalue weighted by Crippen LogP contribution is 2.29. The summed E-state index contributed by atoms with van der Waals surface area (Å²) in [5.41, 5.74) is 3.01. The Morgan fingerprint density at radius 2 is 2.04 bits per heavy atom. The molecule has 2 aromatic heterocycles. The van der Waals surface area contributed by atoms with Crippen molar-refractivity contribution in [3.63, 3.8) is 0 Å². The van der Waals surface area contributed by atoms with Crippen LogP contribution in [-0.4, -0.2) is 62.5 Å². The summed E-state index contributed by atoms with van der Waals surface area (Å²) in [6.45, 7) is 9.92. The zero-order valence-electron chi connectivity index (χ0n) is 17.6. The van der Waals surface area contributed by atoms with E-state index in [9.17, 15) is 4.39 Å². The number of rotatable bonds is 3. The molecule has 0 bridgehead atoms. The number of nitrogens with one attached hydrogen (secondary N) is 3. The van der Waals surface area contributed by atoms with Crippen molar-refractivity contribution in [1.82, 2.24) is 20.2 Å². The molecule has 1 fully saturated rings. The molecule has 1 aliphatic rings. The maximum Gasteiger partial charge on any atom is 0.140 e. The minimum atomic E-state index is -0.852. The summed E-state index contributed by atoms with van der Waals surface area (Å²) in [6, 6.07) is 1.97. The molecule has 28 heavy (non-hydrogen) atoms. The minimum Gasteiger partial charge on any atom is -0.387 e. The predicted octanol–water partition coefficient (Wildman–Crippen LogP) is 2.50. The number of aromatic nitrogens is 2. The van der Waals surface area contributed by atoms with Crippen LogP contribution in [0.15, 0.2) is 18.5 Å². The predicted molar refractivity (Wildman–Crippen MR) is 114 cm³/mol. The highest BCUT2D eigenvalue weighted by molar-refractivity contribution is 5.83. The number of nitrogens with zero attached hydrogens (tertiary/aromatic N) is 2. The lowest BCUT2D eigenvalue weighted by Crippen LogP contribution is -2.39. The number of hydrogen-bond acceptors (Lipinski definition) is 6. The van der Waals surface area contributed by atoms with Crippen molar-refractivity contribution < 1.29 is 14.0 Å². The Labute approximate surface area is 167 Å². The lowest BCUT2D eigenvalue weighted by Gasteiger charge is -2.28. The Hall–Kier alpha value is -2.32. The van der Waals surface area contributed by atoms with Crippen LogP contribution >= 0.6 is 0 Å². The number of piperidine rings is 1. The van der Waals surface area contributed by atoms with Gasteiger partial charge in [0, 0.05) is 25.2 Å². The smallest absolute Gasteiger partial charge is 0.140 e. The van der Waals surface area contributed by atoms with E-state index in [1.54, 1.807) is 6.20 Å². The van der Waals surface area contributed by atoms with Crippen molar-refractivity contribution in [1.29, 1.82) is 0 Å². The molecule has 1 saturated heterocycles. The summed E-state index contributed by atoms with van der Waals surface area (Å²) in [5.74, 6) is 0. The van der Waals surface area contributed by atoms with E-state index in [1.807, 2.05) is 38.6 Å². The van der Waals surface area contributed by atoms with Gasteiger partial charge in [-0.25, -0.2) is 9.37 Å². The third-order valence-electron chi connectivity index (χ3n) is 4.24. The molecule has 2 unspecified atom stereocenters. The summed E-state index contributed by atoms with van der Waals surface area (Å²) in [5, 5.41) is 10.2. The largest absolute Gasteiger partial charge is 0.387 e. The van der Waals surface area contributed by atoms with E-state index in [0.717, 1.165) is 48.1 Å². The van der Waals surface area contributed by atoms with Crippen LogP contribution < -0.4 is 16.0 Å². The number of alkyl halides is 1. The molecule has 8 heteroatoms. The molecule has 0 saturated carbocycles. The van der Waals surface area contributed by atoms with E-state index in [2.05, 4.69) is 33.9 Å². The first-order chi connectivity index (χ1) is 13.5. The van der Waals surface area contributed by atoms with Gasteiger partial charge in [-0.3, -0.25) is 0 Å². The van der Waals surface area contributed by atoms with Crippen LogP contribution in [0.25, 0.3) is 11.0 Å². The fourth-order valence-corrected chi connectivity index (χ4v) is 2.80. The lowest BCUT2D eigenvalue weighted by molar-refractivity contribution is -0.106. The number of aryl methyl sites for hydroxylation is 1. The van der Waals surface area contributed by atoms with Crippen molar-refractivity contribution in [2.75, 3.05) is 39.0 Å². The van der Waals surface area contributed by atoms with Crippen LogP contribution in [0.1, 0.15) is 31.9 Å². The topological polar surface area (TPSA) is 88.1 Å². The molecule has 0 aliphatic carbocycles. The number of anilines is 1. The zero-order valence-corrected chi connectivity index (χ0v) is 17.6. The molecule has 3 heterocycles. The van der Waals surface area contributed by atoms with Gasteiger partial charge in [0.1, 0.15) is 24.9 Å². The van der Waals surface area contributed by atoms with E-state index in [1.165, 1.54) is 6.92 Å². The molecule has 3 N–H and O–H groups in total. The summed E-state index contributed by atoms with van der Waals surface area (Å²) in [7, 11) is 3.81. The maximum atomic E-state index is 14.1. The van der Waals surface area contributed by atoms with Crippen molar-refractivity contribution in [2.45, 2.75) is 39.4 Å². The second kappa shape index (κ2) is 14.7. The number of carbonyl (C=O) groups excluding carboxylic acids is 2. The SMILES string of the molecule is C=O.CC=O.CCNC.CNc1cnc2c(c1)c(C)cn2C1CCNCC1F. The average Bonchev–Trinajstić information content (AvgIpc) is 3.06. The number of halogens is 1. The first-order valence-corrected chi connectivity index (χ1v) is 9.36. The van der Waals surface area contributed by atoms with Gasteiger partial charge in [-0.1, -0.05) is 6.92 Å². The molecule has 1 aliphatic heterocycles. The Bertz CT molecular complexity index is 691. The van der Waals surface area contributed by atoms with Crippen molar-refractivity contribution in [2.24, 2.45) is 0 Å². The average molecular weight is 396 g/mol. The minimum absolute atomic E-state index is 0.106. The first-order valence-electron chi connectivity index (χ1n) is 9.36. The maximum absolute atomic E-state index is 14.1. The summed E-state index contributed by atoms with van der Waals surface area (Å²) >= 11 is 0. The summed E-state index contributed by atoms with van der Waals surface area (Å²) < 4.78 is 16.1. The quantitative estimate of drug-likeness (QED) is 0.692. The summed E-state index contributed by atoms with van der Waals surface area (Å²) in [6.07, 6.45) is 4.53. The fraction of sp³-hybridized carbons (Fsp3) is 0.550. The van der Waals surface area contributed by atoms with Gasteiger partial charge in [-0.2, -0.15) is 0 Å². The second-order valence-corrected chi connectivity index (χ2v) is 6.08. The highest BCUT2D eigenvalue weighted by Gasteiger charge is 2.27. The van der Waals surface area contributed by atoms with Crippen molar-refractivity contribution in [3.8, 4) is 0 Å². The lowest BCUT2D eigenvalue weighted by atomic mass is 10.0. The molecular weight excluding hydrogens is 361 g/mol. The van der Waals surface area contributed by atoms with Gasteiger partial charge in [0.05, 0.1) is 17.9 Å². The van der Waals surface area contributed by atoms with Gasteiger partial charge >= 0.3 is 0 Å². The Morgan fingerprint density at radius 3 is 2.54 bits per heavy atom. The molecule has 0 spiro atoms. The third kappa shape index (κ3) is 7.36. The molecule has 0 aromatic carbocycles. The number of fused-ring (bicyclic) bond motifs is 1. The molecule has 2 atom stereocenters. The Kier molecular flexibility index (Phi) is 13.5. The first kappa shape index (κ1) is 25.7. The molecule has 0 amide bonds. The van der Waals surface area contributed by atoms with Crippen molar-refractivity contribution in [3.05, 3.63) is 24.0 Å². The third-order valence-corrected chi connectivity index (χ3v) is 4.24. The van der Waals surface area contributed by atoms with Crippen LogP contribution in [0.2, 0.25) is 0 Å². The zero-order chi connectivity index (χ0) is 21.5. The molecule has 2 aromatic rings. The highest BCUT2D eigenvalue weighted by atomic mass is 19.1. The van der Waals surface area contributed by atoms with E-state index in [0.29, 0.717) is 6.54 Å². The van der Waals surface area contributed by atoms with Crippen LogP contribution in [0.5, 0.6) is 0 Å². The van der Waals surface area contributed by atoms with Gasteiger partial charge in [-0.15, -0.1) is 0 Å².